The lowest BCUT2D eigenvalue weighted by Gasteiger charge is -2.36. The number of carbonyl (C=O) groups is 2. The fourth-order valence-electron chi connectivity index (χ4n) is 1.91. The van der Waals surface area contributed by atoms with Crippen molar-refractivity contribution in [3.05, 3.63) is 35.9 Å². The average Bonchev–Trinajstić information content (AvgIpc) is 2.24. The summed E-state index contributed by atoms with van der Waals surface area (Å²) in [6.07, 6.45) is 0.339. The molecule has 0 aliphatic carbocycles. The van der Waals surface area contributed by atoms with Crippen molar-refractivity contribution in [1.82, 2.24) is 10.2 Å². The van der Waals surface area contributed by atoms with Gasteiger partial charge in [-0.2, -0.15) is 0 Å². The Hall–Kier alpha value is -1.84. The van der Waals surface area contributed by atoms with Gasteiger partial charge in [-0.15, -0.1) is 0 Å². The Morgan fingerprint density at radius 2 is 1.88 bits per heavy atom. The fraction of sp³-hybridized carbons (Fsp3) is 0.385. The Morgan fingerprint density at radius 1 is 1.24 bits per heavy atom. The molecule has 90 valence electrons. The largest absolute Gasteiger partial charge is 0.332 e. The lowest BCUT2D eigenvalue weighted by molar-refractivity contribution is -0.131. The molecule has 1 N–H and O–H groups in total. The van der Waals surface area contributed by atoms with Gasteiger partial charge in [0.05, 0.1) is 6.54 Å². The van der Waals surface area contributed by atoms with Crippen molar-refractivity contribution in [3.63, 3.8) is 0 Å². The molecule has 0 atom stereocenters. The van der Waals surface area contributed by atoms with E-state index in [0.29, 0.717) is 13.0 Å². The molecule has 0 spiro atoms. The van der Waals surface area contributed by atoms with Crippen molar-refractivity contribution in [3.8, 4) is 0 Å². The molecule has 1 fully saturated rings. The Labute approximate surface area is 101 Å². The van der Waals surface area contributed by atoms with Crippen molar-refractivity contribution in [2.75, 3.05) is 0 Å². The summed E-state index contributed by atoms with van der Waals surface area (Å²) in [4.78, 5) is 25.0. The maximum Gasteiger partial charge on any atom is 0.324 e. The van der Waals surface area contributed by atoms with Gasteiger partial charge in [0.15, 0.2) is 0 Å². The van der Waals surface area contributed by atoms with E-state index in [2.05, 4.69) is 5.32 Å². The highest BCUT2D eigenvalue weighted by atomic mass is 16.2. The zero-order valence-corrected chi connectivity index (χ0v) is 10.1. The molecule has 0 bridgehead atoms. The molecule has 4 nitrogen and oxygen atoms in total. The number of hydrogen-bond acceptors (Lipinski definition) is 2. The number of carbonyl (C=O) groups excluding carboxylic acids is 2. The van der Waals surface area contributed by atoms with Gasteiger partial charge < -0.3 is 5.32 Å². The third-order valence-corrected chi connectivity index (χ3v) is 2.77. The number of imide groups is 1. The zero-order valence-electron chi connectivity index (χ0n) is 10.1. The predicted octanol–water partition coefficient (Wildman–Crippen LogP) is 1.91. The van der Waals surface area contributed by atoms with Crippen molar-refractivity contribution in [2.24, 2.45) is 0 Å². The minimum Gasteiger partial charge on any atom is -0.332 e. The molecule has 1 heterocycles. The Morgan fingerprint density at radius 3 is 2.47 bits per heavy atom. The summed E-state index contributed by atoms with van der Waals surface area (Å²) in [5.74, 6) is -0.123. The van der Waals surface area contributed by atoms with Crippen LogP contribution in [0.5, 0.6) is 0 Å². The number of nitrogens with zero attached hydrogens (tertiary/aromatic N) is 1. The van der Waals surface area contributed by atoms with E-state index in [-0.39, 0.29) is 11.9 Å². The van der Waals surface area contributed by atoms with Gasteiger partial charge in [0.1, 0.15) is 0 Å². The van der Waals surface area contributed by atoms with E-state index in [9.17, 15) is 9.59 Å². The van der Waals surface area contributed by atoms with E-state index in [4.69, 9.17) is 0 Å². The first kappa shape index (κ1) is 11.6. The van der Waals surface area contributed by atoms with Crippen LogP contribution in [0.2, 0.25) is 0 Å². The van der Waals surface area contributed by atoms with E-state index in [1.807, 2.05) is 44.2 Å². The number of nitrogens with one attached hydrogen (secondary N) is 1. The molecule has 4 heteroatoms. The summed E-state index contributed by atoms with van der Waals surface area (Å²) in [6.45, 7) is 4.03. The number of benzene rings is 1. The normalized spacial score (nSPS) is 19.1. The minimum atomic E-state index is -0.443. The summed E-state index contributed by atoms with van der Waals surface area (Å²) in [6, 6.07) is 9.19. The first-order valence-corrected chi connectivity index (χ1v) is 5.64. The topological polar surface area (TPSA) is 49.4 Å². The highest BCUT2D eigenvalue weighted by molar-refractivity contribution is 5.97. The van der Waals surface area contributed by atoms with Crippen LogP contribution in [-0.4, -0.2) is 22.4 Å². The van der Waals surface area contributed by atoms with Crippen LogP contribution in [0.3, 0.4) is 0 Å². The number of amides is 3. The molecule has 3 amide bonds. The maximum atomic E-state index is 11.9. The standard InChI is InChI=1S/C13H16N2O2/c1-13(2)8-11(16)15(12(17)14-13)9-10-6-4-3-5-7-10/h3-7H,8-9H2,1-2H3,(H,14,17). The van der Waals surface area contributed by atoms with Crippen LogP contribution in [0.15, 0.2) is 30.3 Å². The van der Waals surface area contributed by atoms with E-state index < -0.39 is 5.54 Å². The first-order valence-electron chi connectivity index (χ1n) is 5.64. The molecule has 1 aliphatic heterocycles. The quantitative estimate of drug-likeness (QED) is 0.846. The molecule has 1 aromatic carbocycles. The second kappa shape index (κ2) is 4.20. The smallest absolute Gasteiger partial charge is 0.324 e. The van der Waals surface area contributed by atoms with Crippen molar-refractivity contribution in [1.29, 1.82) is 0 Å². The first-order chi connectivity index (χ1) is 7.98. The predicted molar refractivity (Wildman–Crippen MR) is 64.2 cm³/mol. The molecule has 2 rings (SSSR count). The molecule has 1 aromatic rings. The summed E-state index contributed by atoms with van der Waals surface area (Å²) in [7, 11) is 0. The van der Waals surface area contributed by atoms with Gasteiger partial charge >= 0.3 is 6.03 Å². The average molecular weight is 232 g/mol. The monoisotopic (exact) mass is 232 g/mol. The van der Waals surface area contributed by atoms with Crippen LogP contribution < -0.4 is 5.32 Å². The zero-order chi connectivity index (χ0) is 12.5. The summed E-state index contributed by atoms with van der Waals surface area (Å²) < 4.78 is 0. The molecule has 0 aromatic heterocycles. The van der Waals surface area contributed by atoms with Crippen LogP contribution >= 0.6 is 0 Å². The molecule has 0 saturated carbocycles. The van der Waals surface area contributed by atoms with Crippen LogP contribution in [-0.2, 0) is 11.3 Å². The van der Waals surface area contributed by atoms with Crippen LogP contribution in [0, 0.1) is 0 Å². The molecule has 17 heavy (non-hydrogen) atoms. The Kier molecular flexibility index (Phi) is 2.88. The van der Waals surface area contributed by atoms with E-state index in [0.717, 1.165) is 5.56 Å². The number of rotatable bonds is 2. The second-order valence-corrected chi connectivity index (χ2v) is 4.96. The number of urea groups is 1. The minimum absolute atomic E-state index is 0.123. The molecular formula is C13H16N2O2. The SMILES string of the molecule is CC1(C)CC(=O)N(Cc2ccccc2)C(=O)N1. The summed E-state index contributed by atoms with van der Waals surface area (Å²) in [5.41, 5.74) is 0.511. The van der Waals surface area contributed by atoms with Gasteiger partial charge in [-0.1, -0.05) is 30.3 Å². The highest BCUT2D eigenvalue weighted by Crippen LogP contribution is 2.18. The molecular weight excluding hydrogens is 216 g/mol. The third-order valence-electron chi connectivity index (χ3n) is 2.77. The van der Waals surface area contributed by atoms with Gasteiger partial charge in [-0.05, 0) is 19.4 Å². The van der Waals surface area contributed by atoms with E-state index in [1.54, 1.807) is 0 Å². The Bertz CT molecular complexity index is 420. The number of hydrogen-bond donors (Lipinski definition) is 1. The Balaban J connectivity index is 2.12. The van der Waals surface area contributed by atoms with Crippen LogP contribution in [0.4, 0.5) is 4.79 Å². The summed E-state index contributed by atoms with van der Waals surface area (Å²) in [5, 5.41) is 2.82. The molecule has 0 unspecified atom stereocenters. The molecule has 1 aliphatic rings. The second-order valence-electron chi connectivity index (χ2n) is 4.96. The van der Waals surface area contributed by atoms with Gasteiger partial charge in [0, 0.05) is 12.0 Å². The third kappa shape index (κ3) is 2.64. The summed E-state index contributed by atoms with van der Waals surface area (Å²) >= 11 is 0. The fourth-order valence-corrected chi connectivity index (χ4v) is 1.91. The van der Waals surface area contributed by atoms with Gasteiger partial charge in [-0.3, -0.25) is 9.69 Å². The van der Waals surface area contributed by atoms with Crippen LogP contribution in [0.25, 0.3) is 0 Å². The van der Waals surface area contributed by atoms with Gasteiger partial charge in [0.2, 0.25) is 5.91 Å². The van der Waals surface area contributed by atoms with Crippen LogP contribution in [0.1, 0.15) is 25.8 Å². The maximum absolute atomic E-state index is 11.9. The van der Waals surface area contributed by atoms with E-state index >= 15 is 0 Å². The lowest BCUT2D eigenvalue weighted by atomic mass is 9.97. The van der Waals surface area contributed by atoms with Crippen molar-refractivity contribution >= 4 is 11.9 Å². The van der Waals surface area contributed by atoms with Crippen molar-refractivity contribution < 1.29 is 9.59 Å². The highest BCUT2D eigenvalue weighted by Gasteiger charge is 2.36. The van der Waals surface area contributed by atoms with Crippen molar-refractivity contribution in [2.45, 2.75) is 32.4 Å². The molecule has 0 radical (unpaired) electrons. The van der Waals surface area contributed by atoms with Gasteiger partial charge in [0.25, 0.3) is 0 Å². The lowest BCUT2D eigenvalue weighted by Crippen LogP contribution is -2.59. The van der Waals surface area contributed by atoms with E-state index in [1.165, 1.54) is 4.90 Å². The molecule has 1 saturated heterocycles. The van der Waals surface area contributed by atoms with Gasteiger partial charge in [-0.25, -0.2) is 4.79 Å².